The van der Waals surface area contributed by atoms with Crippen LogP contribution in [0.4, 0.5) is 5.13 Å². The van der Waals surface area contributed by atoms with Crippen LogP contribution in [-0.2, 0) is 0 Å². The first kappa shape index (κ1) is 13.5. The van der Waals surface area contributed by atoms with E-state index >= 15 is 0 Å². The van der Waals surface area contributed by atoms with Crippen LogP contribution in [0.2, 0.25) is 0 Å². The highest BCUT2D eigenvalue weighted by Gasteiger charge is 2.04. The van der Waals surface area contributed by atoms with Crippen LogP contribution in [-0.4, -0.2) is 16.1 Å². The summed E-state index contributed by atoms with van der Waals surface area (Å²) in [6.07, 6.45) is 0. The second kappa shape index (κ2) is 5.65. The van der Waals surface area contributed by atoms with Gasteiger partial charge < -0.3 is 16.6 Å². The molecule has 0 atom stereocenters. The van der Waals surface area contributed by atoms with Crippen LogP contribution in [0, 0.1) is 0 Å². The Bertz CT molecular complexity index is 537. The fourth-order valence-electron chi connectivity index (χ4n) is 1.22. The van der Waals surface area contributed by atoms with Crippen molar-refractivity contribution in [1.82, 2.24) is 4.98 Å². The second-order valence-corrected chi connectivity index (χ2v) is 3.94. The summed E-state index contributed by atoms with van der Waals surface area (Å²) in [6.45, 7) is 0. The molecule has 0 spiro atoms. The molecule has 0 aliphatic carbocycles. The SMILES string of the molecule is Br.NC(N)=Nc1nc(-c2cccc(O)c2)cs1. The van der Waals surface area contributed by atoms with E-state index in [1.807, 2.05) is 11.4 Å². The molecule has 1 aromatic carbocycles. The molecule has 0 amide bonds. The summed E-state index contributed by atoms with van der Waals surface area (Å²) >= 11 is 1.34. The fraction of sp³-hybridized carbons (Fsp3) is 0. The van der Waals surface area contributed by atoms with Gasteiger partial charge >= 0.3 is 0 Å². The quantitative estimate of drug-likeness (QED) is 0.583. The average Bonchev–Trinajstić information content (AvgIpc) is 2.65. The van der Waals surface area contributed by atoms with E-state index < -0.39 is 0 Å². The predicted molar refractivity (Wildman–Crippen MR) is 75.0 cm³/mol. The van der Waals surface area contributed by atoms with Crippen LogP contribution in [0.5, 0.6) is 5.75 Å². The predicted octanol–water partition coefficient (Wildman–Crippen LogP) is 2.00. The van der Waals surface area contributed by atoms with E-state index in [0.29, 0.717) is 5.13 Å². The summed E-state index contributed by atoms with van der Waals surface area (Å²) in [6, 6.07) is 6.85. The lowest BCUT2D eigenvalue weighted by Gasteiger charge is -1.96. The van der Waals surface area contributed by atoms with Crippen LogP contribution in [0.15, 0.2) is 34.6 Å². The first-order valence-corrected chi connectivity index (χ1v) is 5.37. The summed E-state index contributed by atoms with van der Waals surface area (Å²) in [4.78, 5) is 8.07. The van der Waals surface area contributed by atoms with Gasteiger partial charge in [0.1, 0.15) is 5.75 Å². The average molecular weight is 315 g/mol. The molecule has 5 nitrogen and oxygen atoms in total. The Morgan fingerprint density at radius 3 is 2.76 bits per heavy atom. The second-order valence-electron chi connectivity index (χ2n) is 3.10. The monoisotopic (exact) mass is 314 g/mol. The van der Waals surface area contributed by atoms with E-state index in [2.05, 4.69) is 9.98 Å². The van der Waals surface area contributed by atoms with Gasteiger partial charge in [0.15, 0.2) is 5.96 Å². The number of thiazole rings is 1. The molecule has 0 aliphatic rings. The fourth-order valence-corrected chi connectivity index (χ4v) is 1.94. The lowest BCUT2D eigenvalue weighted by atomic mass is 10.2. The van der Waals surface area contributed by atoms with Crippen molar-refractivity contribution in [1.29, 1.82) is 0 Å². The maximum absolute atomic E-state index is 9.33. The third-order valence-corrected chi connectivity index (χ3v) is 2.59. The van der Waals surface area contributed by atoms with Crippen molar-refractivity contribution in [2.45, 2.75) is 0 Å². The van der Waals surface area contributed by atoms with Crippen molar-refractivity contribution < 1.29 is 5.11 Å². The molecule has 0 fully saturated rings. The normalized spacial score (nSPS) is 9.41. The number of guanidine groups is 1. The van der Waals surface area contributed by atoms with E-state index in [0.717, 1.165) is 11.3 Å². The molecular formula is C10H11BrN4OS. The Kier molecular flexibility index (Phi) is 4.47. The summed E-state index contributed by atoms with van der Waals surface area (Å²) in [5, 5.41) is 11.7. The molecule has 5 N–H and O–H groups in total. The summed E-state index contributed by atoms with van der Waals surface area (Å²) in [7, 11) is 0. The molecule has 1 heterocycles. The summed E-state index contributed by atoms with van der Waals surface area (Å²) in [5.41, 5.74) is 12.1. The minimum absolute atomic E-state index is 0. The number of aromatic nitrogens is 1. The Hall–Kier alpha value is -1.60. The molecule has 0 unspecified atom stereocenters. The first-order valence-electron chi connectivity index (χ1n) is 4.50. The first-order chi connectivity index (χ1) is 7.65. The zero-order valence-corrected chi connectivity index (χ0v) is 11.2. The molecule has 0 saturated heterocycles. The number of hydrogen-bond acceptors (Lipinski definition) is 4. The van der Waals surface area contributed by atoms with Gasteiger partial charge in [-0.25, -0.2) is 4.98 Å². The number of benzene rings is 1. The molecule has 0 aliphatic heterocycles. The maximum atomic E-state index is 9.33. The smallest absolute Gasteiger partial charge is 0.212 e. The standard InChI is InChI=1S/C10H10N4OS.BrH/c11-9(12)14-10-13-8(5-16-10)6-2-1-3-7(15)4-6;/h1-5,15H,(H4,11,12,13,14);1H. The molecule has 0 saturated carbocycles. The number of aromatic hydroxyl groups is 1. The van der Waals surface area contributed by atoms with E-state index in [4.69, 9.17) is 11.5 Å². The maximum Gasteiger partial charge on any atom is 0.212 e. The molecule has 0 radical (unpaired) electrons. The highest BCUT2D eigenvalue weighted by molar-refractivity contribution is 8.93. The van der Waals surface area contributed by atoms with Gasteiger partial charge in [0.05, 0.1) is 5.69 Å². The largest absolute Gasteiger partial charge is 0.508 e. The zero-order chi connectivity index (χ0) is 11.5. The Morgan fingerprint density at radius 2 is 2.12 bits per heavy atom. The van der Waals surface area contributed by atoms with Gasteiger partial charge in [0.2, 0.25) is 5.13 Å². The Balaban J connectivity index is 0.00000144. The zero-order valence-electron chi connectivity index (χ0n) is 8.70. The Morgan fingerprint density at radius 1 is 1.35 bits per heavy atom. The van der Waals surface area contributed by atoms with Crippen molar-refractivity contribution in [3.05, 3.63) is 29.6 Å². The number of nitrogens with zero attached hydrogens (tertiary/aromatic N) is 2. The van der Waals surface area contributed by atoms with Crippen molar-refractivity contribution in [2.24, 2.45) is 16.5 Å². The molecule has 1 aromatic heterocycles. The Labute approximate surface area is 113 Å². The van der Waals surface area contributed by atoms with Crippen LogP contribution in [0.3, 0.4) is 0 Å². The molecule has 7 heteroatoms. The molecule has 0 bridgehead atoms. The molecule has 90 valence electrons. The number of aliphatic imine (C=N–C) groups is 1. The number of halogens is 1. The highest BCUT2D eigenvalue weighted by atomic mass is 79.9. The van der Waals surface area contributed by atoms with Gasteiger partial charge in [-0.3, -0.25) is 0 Å². The van der Waals surface area contributed by atoms with Gasteiger partial charge in [0, 0.05) is 10.9 Å². The summed E-state index contributed by atoms with van der Waals surface area (Å²) < 4.78 is 0. The van der Waals surface area contributed by atoms with Gasteiger partial charge in [0.25, 0.3) is 0 Å². The highest BCUT2D eigenvalue weighted by Crippen LogP contribution is 2.28. The molecule has 2 rings (SSSR count). The molecular weight excluding hydrogens is 304 g/mol. The number of rotatable bonds is 2. The molecule has 17 heavy (non-hydrogen) atoms. The van der Waals surface area contributed by atoms with Crippen LogP contribution in [0.25, 0.3) is 11.3 Å². The minimum atomic E-state index is -0.0168. The number of phenolic OH excluding ortho intramolecular Hbond substituents is 1. The topological polar surface area (TPSA) is 97.5 Å². The van der Waals surface area contributed by atoms with Gasteiger partial charge in [-0.2, -0.15) is 4.99 Å². The minimum Gasteiger partial charge on any atom is -0.508 e. The van der Waals surface area contributed by atoms with Crippen LogP contribution < -0.4 is 11.5 Å². The lowest BCUT2D eigenvalue weighted by molar-refractivity contribution is 0.475. The van der Waals surface area contributed by atoms with Crippen molar-refractivity contribution in [2.75, 3.05) is 0 Å². The van der Waals surface area contributed by atoms with E-state index in [-0.39, 0.29) is 28.7 Å². The number of nitrogens with two attached hydrogens (primary N) is 2. The third-order valence-electron chi connectivity index (χ3n) is 1.86. The van der Waals surface area contributed by atoms with Crippen molar-refractivity contribution >= 4 is 39.4 Å². The summed E-state index contributed by atoms with van der Waals surface area (Å²) in [5.74, 6) is 0.186. The third kappa shape index (κ3) is 3.43. The van der Waals surface area contributed by atoms with E-state index in [9.17, 15) is 5.11 Å². The van der Waals surface area contributed by atoms with Crippen LogP contribution >= 0.6 is 28.3 Å². The van der Waals surface area contributed by atoms with E-state index in [1.54, 1.807) is 18.2 Å². The number of hydrogen-bond donors (Lipinski definition) is 3. The number of phenols is 1. The van der Waals surface area contributed by atoms with Gasteiger partial charge in [-0.15, -0.1) is 28.3 Å². The molecule has 2 aromatic rings. The van der Waals surface area contributed by atoms with Crippen LogP contribution in [0.1, 0.15) is 0 Å². The lowest BCUT2D eigenvalue weighted by Crippen LogP contribution is -2.21. The van der Waals surface area contributed by atoms with Gasteiger partial charge in [-0.05, 0) is 12.1 Å². The van der Waals surface area contributed by atoms with Crippen molar-refractivity contribution in [3.8, 4) is 17.0 Å². The van der Waals surface area contributed by atoms with Gasteiger partial charge in [-0.1, -0.05) is 12.1 Å². The van der Waals surface area contributed by atoms with E-state index in [1.165, 1.54) is 11.3 Å². The van der Waals surface area contributed by atoms with Crippen molar-refractivity contribution in [3.63, 3.8) is 0 Å².